The Bertz CT molecular complexity index is 229. The second kappa shape index (κ2) is 2.98. The molecule has 66 valence electrons. The molecular formula is C8H6ClF3. The minimum absolute atomic E-state index is 0.0620. The molecule has 12 heavy (non-hydrogen) atoms. The smallest absolute Gasteiger partial charge is 0.178 e. The van der Waals surface area contributed by atoms with E-state index >= 15 is 0 Å². The molecule has 4 heteroatoms. The van der Waals surface area contributed by atoms with Crippen LogP contribution < -0.4 is 0 Å². The lowest BCUT2D eigenvalue weighted by molar-refractivity contribution is 0.483. The average Bonchev–Trinajstić information content (AvgIpc) is 2.08. The summed E-state index contributed by atoms with van der Waals surface area (Å²) in [5.41, 5.74) is -0.400. The zero-order valence-corrected chi connectivity index (χ0v) is 7.27. The van der Waals surface area contributed by atoms with Crippen molar-refractivity contribution in [3.63, 3.8) is 0 Å². The normalized spacial score (nSPS) is 10.5. The molecule has 0 nitrogen and oxygen atoms in total. The van der Waals surface area contributed by atoms with E-state index in [0.29, 0.717) is 0 Å². The molecule has 0 fully saturated rings. The third kappa shape index (κ3) is 1.18. The minimum Gasteiger partial charge on any atom is -0.206 e. The molecular weight excluding hydrogens is 189 g/mol. The van der Waals surface area contributed by atoms with Crippen molar-refractivity contribution in [2.75, 3.05) is 0 Å². The van der Waals surface area contributed by atoms with E-state index in [0.717, 1.165) is 6.92 Å². The molecule has 0 amide bonds. The van der Waals surface area contributed by atoms with Gasteiger partial charge >= 0.3 is 0 Å². The standard InChI is InChI=1S/C8H6ClF3/c1-3-5(9)8(12)7(11)4(2)6(3)10/h1-2H3. The first-order chi connectivity index (χ1) is 5.46. The van der Waals surface area contributed by atoms with Gasteiger partial charge in [0.05, 0.1) is 5.02 Å². The fraction of sp³-hybridized carbons (Fsp3) is 0.250. The van der Waals surface area contributed by atoms with Gasteiger partial charge in [0.2, 0.25) is 0 Å². The fourth-order valence-corrected chi connectivity index (χ4v) is 1.07. The van der Waals surface area contributed by atoms with Crippen LogP contribution >= 0.6 is 11.6 Å². The van der Waals surface area contributed by atoms with Gasteiger partial charge in [0.1, 0.15) is 5.82 Å². The lowest BCUT2D eigenvalue weighted by atomic mass is 10.1. The molecule has 0 saturated heterocycles. The van der Waals surface area contributed by atoms with Gasteiger partial charge in [0, 0.05) is 11.1 Å². The Kier molecular flexibility index (Phi) is 2.33. The van der Waals surface area contributed by atoms with Crippen molar-refractivity contribution in [2.24, 2.45) is 0 Å². The van der Waals surface area contributed by atoms with E-state index in [9.17, 15) is 13.2 Å². The van der Waals surface area contributed by atoms with Crippen molar-refractivity contribution >= 4 is 11.6 Å². The van der Waals surface area contributed by atoms with Crippen LogP contribution in [0.25, 0.3) is 0 Å². The van der Waals surface area contributed by atoms with E-state index in [1.807, 2.05) is 0 Å². The number of rotatable bonds is 0. The molecule has 0 spiro atoms. The molecule has 0 atom stereocenters. The van der Waals surface area contributed by atoms with Gasteiger partial charge in [-0.1, -0.05) is 11.6 Å². The third-order valence-corrected chi connectivity index (χ3v) is 2.15. The van der Waals surface area contributed by atoms with Crippen LogP contribution in [0.15, 0.2) is 0 Å². The largest absolute Gasteiger partial charge is 0.206 e. The van der Waals surface area contributed by atoms with Gasteiger partial charge in [-0.3, -0.25) is 0 Å². The maximum absolute atomic E-state index is 12.9. The maximum atomic E-state index is 12.9. The number of hydrogen-bond acceptors (Lipinski definition) is 0. The number of hydrogen-bond donors (Lipinski definition) is 0. The molecule has 0 saturated carbocycles. The van der Waals surface area contributed by atoms with E-state index in [2.05, 4.69) is 0 Å². The first kappa shape index (κ1) is 9.39. The summed E-state index contributed by atoms with van der Waals surface area (Å²) in [6.45, 7) is 2.46. The Morgan fingerprint density at radius 2 is 1.33 bits per heavy atom. The molecule has 0 heterocycles. The summed E-state index contributed by atoms with van der Waals surface area (Å²) in [7, 11) is 0. The first-order valence-corrected chi connectivity index (χ1v) is 3.63. The Hall–Kier alpha value is -0.700. The first-order valence-electron chi connectivity index (χ1n) is 3.26. The van der Waals surface area contributed by atoms with Crippen LogP contribution in [0.5, 0.6) is 0 Å². The third-order valence-electron chi connectivity index (χ3n) is 1.70. The van der Waals surface area contributed by atoms with Gasteiger partial charge in [-0.2, -0.15) is 0 Å². The van der Waals surface area contributed by atoms with Crippen LogP contribution in [0.1, 0.15) is 11.1 Å². The second-order valence-electron chi connectivity index (χ2n) is 2.51. The van der Waals surface area contributed by atoms with E-state index in [4.69, 9.17) is 11.6 Å². The van der Waals surface area contributed by atoms with Gasteiger partial charge in [-0.15, -0.1) is 0 Å². The van der Waals surface area contributed by atoms with Crippen LogP contribution in [0.3, 0.4) is 0 Å². The van der Waals surface area contributed by atoms with Crippen molar-refractivity contribution < 1.29 is 13.2 Å². The topological polar surface area (TPSA) is 0 Å². The summed E-state index contributed by atoms with van der Waals surface area (Å²) in [5.74, 6) is -3.20. The highest BCUT2D eigenvalue weighted by Gasteiger charge is 2.18. The highest BCUT2D eigenvalue weighted by atomic mass is 35.5. The average molecular weight is 195 g/mol. The number of benzene rings is 1. The van der Waals surface area contributed by atoms with Gasteiger partial charge in [-0.05, 0) is 13.8 Å². The Morgan fingerprint density at radius 1 is 0.833 bits per heavy atom. The lowest BCUT2D eigenvalue weighted by Gasteiger charge is -2.05. The van der Waals surface area contributed by atoms with Crippen LogP contribution in [-0.2, 0) is 0 Å². The molecule has 0 N–H and O–H groups in total. The fourth-order valence-electron chi connectivity index (χ4n) is 0.900. The highest BCUT2D eigenvalue weighted by Crippen LogP contribution is 2.27. The van der Waals surface area contributed by atoms with Crippen LogP contribution in [0, 0.1) is 31.3 Å². The number of halogens is 4. The Labute approximate surface area is 73.0 Å². The van der Waals surface area contributed by atoms with Gasteiger partial charge in [-0.25, -0.2) is 13.2 Å². The Morgan fingerprint density at radius 3 is 1.83 bits per heavy atom. The summed E-state index contributed by atoms with van der Waals surface area (Å²) < 4.78 is 38.4. The molecule has 0 unspecified atom stereocenters. The molecule has 1 aromatic rings. The summed E-state index contributed by atoms with van der Waals surface area (Å²) in [6.07, 6.45) is 0. The van der Waals surface area contributed by atoms with Crippen LogP contribution in [0.4, 0.5) is 13.2 Å². The predicted molar refractivity (Wildman–Crippen MR) is 40.8 cm³/mol. The monoisotopic (exact) mass is 194 g/mol. The summed E-state index contributed by atoms with van der Waals surface area (Å²) in [5, 5.41) is -0.490. The van der Waals surface area contributed by atoms with Crippen molar-refractivity contribution in [3.05, 3.63) is 33.6 Å². The van der Waals surface area contributed by atoms with Crippen LogP contribution in [0.2, 0.25) is 5.02 Å². The lowest BCUT2D eigenvalue weighted by Crippen LogP contribution is -1.98. The highest BCUT2D eigenvalue weighted by molar-refractivity contribution is 6.31. The summed E-state index contributed by atoms with van der Waals surface area (Å²) >= 11 is 5.31. The van der Waals surface area contributed by atoms with Crippen molar-refractivity contribution in [2.45, 2.75) is 13.8 Å². The molecule has 0 aliphatic heterocycles. The minimum atomic E-state index is -1.22. The quantitative estimate of drug-likeness (QED) is 0.439. The summed E-state index contributed by atoms with van der Waals surface area (Å²) in [6, 6.07) is 0. The van der Waals surface area contributed by atoms with E-state index in [1.165, 1.54) is 6.92 Å². The van der Waals surface area contributed by atoms with Crippen LogP contribution in [-0.4, -0.2) is 0 Å². The zero-order valence-electron chi connectivity index (χ0n) is 6.51. The van der Waals surface area contributed by atoms with Crippen molar-refractivity contribution in [3.8, 4) is 0 Å². The van der Waals surface area contributed by atoms with Gasteiger partial charge in [0.15, 0.2) is 11.6 Å². The second-order valence-corrected chi connectivity index (χ2v) is 2.88. The molecule has 0 aromatic heterocycles. The van der Waals surface area contributed by atoms with E-state index in [-0.39, 0.29) is 11.1 Å². The van der Waals surface area contributed by atoms with E-state index < -0.39 is 22.5 Å². The molecule has 0 aliphatic rings. The molecule has 0 radical (unpaired) electrons. The van der Waals surface area contributed by atoms with Gasteiger partial charge in [0.25, 0.3) is 0 Å². The van der Waals surface area contributed by atoms with Gasteiger partial charge < -0.3 is 0 Å². The maximum Gasteiger partial charge on any atom is 0.178 e. The molecule has 1 rings (SSSR count). The molecule has 1 aromatic carbocycles. The SMILES string of the molecule is Cc1c(F)c(C)c(Cl)c(F)c1F. The van der Waals surface area contributed by atoms with E-state index in [1.54, 1.807) is 0 Å². The molecule has 0 aliphatic carbocycles. The Balaban J connectivity index is 3.60. The van der Waals surface area contributed by atoms with Crippen molar-refractivity contribution in [1.82, 2.24) is 0 Å². The summed E-state index contributed by atoms with van der Waals surface area (Å²) in [4.78, 5) is 0. The zero-order chi connectivity index (χ0) is 9.46. The predicted octanol–water partition coefficient (Wildman–Crippen LogP) is 3.37. The molecule has 0 bridgehead atoms. The van der Waals surface area contributed by atoms with Crippen molar-refractivity contribution in [1.29, 1.82) is 0 Å².